The highest BCUT2D eigenvalue weighted by molar-refractivity contribution is 5.98. The van der Waals surface area contributed by atoms with Gasteiger partial charge >= 0.3 is 5.97 Å². The number of benzene rings is 2. The van der Waals surface area contributed by atoms with Crippen molar-refractivity contribution in [1.29, 1.82) is 0 Å². The topological polar surface area (TPSA) is 441 Å². The average molecular weight is 1160 g/mol. The number of H-pyrrole nitrogens is 1. The van der Waals surface area contributed by atoms with Gasteiger partial charge in [-0.3, -0.25) is 48.3 Å². The molecular formula is C57H90N16O10. The number of rotatable bonds is 36. The predicted molar refractivity (Wildman–Crippen MR) is 317 cm³/mol. The molecule has 0 unspecified atom stereocenters. The summed E-state index contributed by atoms with van der Waals surface area (Å²) in [5, 5.41) is 32.4. The largest absolute Gasteiger partial charge is 0.480 e. The molecule has 0 radical (unpaired) electrons. The number of carboxylic acids is 1. The molecule has 0 aliphatic rings. The van der Waals surface area contributed by atoms with Crippen molar-refractivity contribution in [2.75, 3.05) is 19.6 Å². The number of guanidine groups is 2. The van der Waals surface area contributed by atoms with Gasteiger partial charge < -0.3 is 81.3 Å². The molecule has 1 heterocycles. The van der Waals surface area contributed by atoms with Crippen molar-refractivity contribution in [3.8, 4) is 0 Å². The first-order chi connectivity index (χ1) is 39.3. The van der Waals surface area contributed by atoms with E-state index in [1.54, 1.807) is 85.0 Å². The molecule has 11 atom stereocenters. The van der Waals surface area contributed by atoms with Crippen LogP contribution in [0.4, 0.5) is 0 Å². The smallest absolute Gasteiger partial charge is 0.326 e. The first-order valence-corrected chi connectivity index (χ1v) is 28.4. The van der Waals surface area contributed by atoms with Gasteiger partial charge in [0.2, 0.25) is 47.3 Å². The van der Waals surface area contributed by atoms with E-state index in [-0.39, 0.29) is 69.5 Å². The summed E-state index contributed by atoms with van der Waals surface area (Å²) in [6.07, 6.45) is 3.47. The summed E-state index contributed by atoms with van der Waals surface area (Å²) in [6, 6.07) is 6.33. The fourth-order valence-corrected chi connectivity index (χ4v) is 8.85. The van der Waals surface area contributed by atoms with Crippen LogP contribution in [0.1, 0.15) is 111 Å². The second kappa shape index (κ2) is 34.9. The second-order valence-corrected chi connectivity index (χ2v) is 21.4. The van der Waals surface area contributed by atoms with Gasteiger partial charge in [-0.25, -0.2) is 4.79 Å². The number of aromatic amines is 1. The van der Waals surface area contributed by atoms with Crippen molar-refractivity contribution in [3.05, 3.63) is 71.9 Å². The van der Waals surface area contributed by atoms with Crippen LogP contribution in [0.2, 0.25) is 0 Å². The number of nitrogens with one attached hydrogen (secondary N) is 9. The van der Waals surface area contributed by atoms with Gasteiger partial charge in [-0.1, -0.05) is 123 Å². The lowest BCUT2D eigenvalue weighted by Crippen LogP contribution is -2.62. The molecule has 0 aliphatic heterocycles. The number of aromatic nitrogens is 1. The summed E-state index contributed by atoms with van der Waals surface area (Å²) in [4.78, 5) is 136. The Kier molecular flexibility index (Phi) is 29.0. The Bertz CT molecular complexity index is 2690. The standard InChI is InChI=1S/C57H90N16O10/c1-9-32(6)44(58)52(79)68-39(23-17-25-63-56(59)60)48(75)66-30-43(74)67-40(24-18-26-64-57(61)62)49(76)72-47(34(8)11-3)54(81)73-46(33(7)10-2)53(80)70-41(27-35-19-13-12-14-20-35)50(77)69-42(51(78)71-45(31(4)5)55(82)83)28-36-29-65-38-22-16-15-21-37(36)38/h12-16,19-22,29,31-34,39-42,44-47,65H,9-11,17-18,23-28,30,58H2,1-8H3,(H,66,75)(H,67,74)(H,68,79)(H,69,77)(H,70,80)(H,71,78)(H,72,76)(H,73,81)(H,82,83)(H4,59,60,63)(H4,61,62,64)/t32-,33-,34-,39-,40-,41-,42-,44-,45-,46-,47-/m0/s1. The van der Waals surface area contributed by atoms with E-state index in [1.807, 2.05) is 31.2 Å². The first kappa shape index (κ1) is 69.0. The van der Waals surface area contributed by atoms with E-state index in [0.29, 0.717) is 30.4 Å². The number of fused-ring (bicyclic) bond motifs is 1. The van der Waals surface area contributed by atoms with Crippen molar-refractivity contribution < 1.29 is 48.3 Å². The van der Waals surface area contributed by atoms with Crippen LogP contribution in [0.3, 0.4) is 0 Å². The summed E-state index contributed by atoms with van der Waals surface area (Å²) in [5.41, 5.74) is 30.2. The summed E-state index contributed by atoms with van der Waals surface area (Å²) < 4.78 is 0. The third-order valence-electron chi connectivity index (χ3n) is 14.6. The zero-order valence-electron chi connectivity index (χ0n) is 49.1. The molecule has 458 valence electrons. The Morgan fingerprint density at radius 3 is 1.53 bits per heavy atom. The summed E-state index contributed by atoms with van der Waals surface area (Å²) in [7, 11) is 0. The Labute approximate surface area is 485 Å². The molecule has 0 bridgehead atoms. The van der Waals surface area contributed by atoms with Crippen molar-refractivity contribution in [1.82, 2.24) is 47.5 Å². The number of amides is 8. The Morgan fingerprint density at radius 1 is 0.530 bits per heavy atom. The third-order valence-corrected chi connectivity index (χ3v) is 14.6. The SMILES string of the molecule is CC[C@H](C)[C@H](N)C(=O)N[C@@H](CCCN=C(N)N)C(=O)NCC(=O)N[C@@H](CCCN=C(N)N)C(=O)N[C@H](C(=O)N[C@H](C(=O)N[C@@H](Cc1ccccc1)C(=O)N[C@@H](Cc1c[nH]c2ccccc12)C(=O)N[C@H](C(=O)O)C(C)C)[C@@H](C)CC)[C@@H](C)CC. The van der Waals surface area contributed by atoms with Gasteiger partial charge in [-0.15, -0.1) is 0 Å². The van der Waals surface area contributed by atoms with E-state index in [4.69, 9.17) is 28.7 Å². The second-order valence-electron chi connectivity index (χ2n) is 21.4. The molecule has 0 saturated carbocycles. The number of carbonyl (C=O) groups excluding carboxylic acids is 8. The molecule has 20 N–H and O–H groups in total. The van der Waals surface area contributed by atoms with E-state index in [0.717, 1.165) is 10.9 Å². The lowest BCUT2D eigenvalue weighted by Gasteiger charge is -2.31. The summed E-state index contributed by atoms with van der Waals surface area (Å²) in [5.74, 6) is -9.29. The molecule has 0 saturated heterocycles. The van der Waals surface area contributed by atoms with Gasteiger partial charge in [-0.05, 0) is 66.5 Å². The predicted octanol–water partition coefficient (Wildman–Crippen LogP) is -0.224. The quantitative estimate of drug-likeness (QED) is 0.0203. The van der Waals surface area contributed by atoms with Gasteiger partial charge in [-0.2, -0.15) is 0 Å². The molecular weight excluding hydrogens is 1070 g/mol. The van der Waals surface area contributed by atoms with Crippen molar-refractivity contribution in [3.63, 3.8) is 0 Å². The lowest BCUT2D eigenvalue weighted by atomic mass is 9.94. The monoisotopic (exact) mass is 1160 g/mol. The van der Waals surface area contributed by atoms with Crippen LogP contribution in [0.5, 0.6) is 0 Å². The molecule has 26 heteroatoms. The maximum Gasteiger partial charge on any atom is 0.326 e. The highest BCUT2D eigenvalue weighted by Gasteiger charge is 2.37. The van der Waals surface area contributed by atoms with Crippen molar-refractivity contribution in [2.24, 2.45) is 62.3 Å². The Hall–Kier alpha value is -8.29. The molecule has 0 spiro atoms. The van der Waals surface area contributed by atoms with Crippen LogP contribution >= 0.6 is 0 Å². The number of aliphatic imine (C=N–C) groups is 2. The van der Waals surface area contributed by atoms with Gasteiger partial charge in [0.15, 0.2) is 11.9 Å². The molecule has 26 nitrogen and oxygen atoms in total. The zero-order chi connectivity index (χ0) is 61.9. The number of carbonyl (C=O) groups is 9. The molecule has 3 aromatic rings. The van der Waals surface area contributed by atoms with E-state index in [2.05, 4.69) is 57.5 Å². The minimum Gasteiger partial charge on any atom is -0.480 e. The fraction of sp³-hybridized carbons (Fsp3) is 0.561. The molecule has 1 aromatic heterocycles. The highest BCUT2D eigenvalue weighted by Crippen LogP contribution is 2.21. The number of hydrogen-bond donors (Lipinski definition) is 15. The van der Waals surface area contributed by atoms with E-state index >= 15 is 0 Å². The summed E-state index contributed by atoms with van der Waals surface area (Å²) in [6.45, 7) is 13.6. The average Bonchev–Trinajstić information content (AvgIpc) is 4.12. The maximum absolute atomic E-state index is 14.7. The van der Waals surface area contributed by atoms with Crippen LogP contribution in [-0.4, -0.2) is 143 Å². The molecule has 8 amide bonds. The maximum atomic E-state index is 14.7. The number of nitrogens with zero attached hydrogens (tertiary/aromatic N) is 2. The minimum atomic E-state index is -1.33. The van der Waals surface area contributed by atoms with Gasteiger partial charge in [0.05, 0.1) is 12.6 Å². The Morgan fingerprint density at radius 2 is 0.988 bits per heavy atom. The van der Waals surface area contributed by atoms with E-state index < -0.39 is 126 Å². The number of carboxylic acid groups (broad SMARTS) is 1. The van der Waals surface area contributed by atoms with Crippen LogP contribution < -0.4 is 71.2 Å². The summed E-state index contributed by atoms with van der Waals surface area (Å²) >= 11 is 0. The van der Waals surface area contributed by atoms with Crippen LogP contribution in [0, 0.1) is 23.7 Å². The van der Waals surface area contributed by atoms with Gasteiger partial charge in [0.1, 0.15) is 42.3 Å². The molecule has 0 aliphatic carbocycles. The molecule has 0 fully saturated rings. The lowest BCUT2D eigenvalue weighted by molar-refractivity contribution is -0.143. The fourth-order valence-electron chi connectivity index (χ4n) is 8.85. The van der Waals surface area contributed by atoms with Crippen LogP contribution in [0.15, 0.2) is 70.8 Å². The van der Waals surface area contributed by atoms with E-state index in [1.165, 1.54) is 0 Å². The molecule has 2 aromatic carbocycles. The van der Waals surface area contributed by atoms with E-state index in [9.17, 15) is 48.3 Å². The Balaban J connectivity index is 1.92. The van der Waals surface area contributed by atoms with Crippen molar-refractivity contribution >= 4 is 76.0 Å². The number of nitrogens with two attached hydrogens (primary N) is 5. The zero-order valence-corrected chi connectivity index (χ0v) is 49.1. The number of hydrogen-bond acceptors (Lipinski definition) is 12. The minimum absolute atomic E-state index is 0.0287. The first-order valence-electron chi connectivity index (χ1n) is 28.4. The number of aliphatic carboxylic acids is 1. The molecule has 83 heavy (non-hydrogen) atoms. The van der Waals surface area contributed by atoms with Crippen LogP contribution in [-0.2, 0) is 56.0 Å². The van der Waals surface area contributed by atoms with Gasteiger partial charge in [0, 0.05) is 43.0 Å². The van der Waals surface area contributed by atoms with Crippen molar-refractivity contribution in [2.45, 2.75) is 162 Å². The van der Waals surface area contributed by atoms with Crippen LogP contribution in [0.25, 0.3) is 10.9 Å². The normalized spacial score (nSPS) is 15.2. The van der Waals surface area contributed by atoms with Gasteiger partial charge in [0.25, 0.3) is 0 Å². The third kappa shape index (κ3) is 22.9. The highest BCUT2D eigenvalue weighted by atomic mass is 16.4. The number of para-hydroxylation sites is 1. The molecule has 3 rings (SSSR count).